The molecule has 0 radical (unpaired) electrons. The molecule has 3 aliphatic rings. The number of nitrogens with zero attached hydrogens (tertiary/aromatic N) is 5. The van der Waals surface area contributed by atoms with Gasteiger partial charge >= 0.3 is 0 Å². The molecule has 64 heavy (non-hydrogen) atoms. The number of para-hydroxylation sites is 1. The summed E-state index contributed by atoms with van der Waals surface area (Å²) in [6.45, 7) is 34.8. The van der Waals surface area contributed by atoms with Crippen LogP contribution in [-0.2, 0) is 32.5 Å². The van der Waals surface area contributed by atoms with E-state index in [1.165, 1.54) is 60.8 Å². The summed E-state index contributed by atoms with van der Waals surface area (Å²) < 4.78 is 39.2. The molecule has 8 heteroatoms. The Kier molecular flexibility index (Phi) is 9.50. The third-order valence-corrected chi connectivity index (χ3v) is 13.7. The molecule has 0 unspecified atom stereocenters. The molecule has 1 spiro atoms. The lowest BCUT2D eigenvalue weighted by molar-refractivity contribution is -0.662. The van der Waals surface area contributed by atoms with Gasteiger partial charge in [-0.25, -0.2) is 0 Å². The number of ether oxygens (including phenoxy) is 1. The van der Waals surface area contributed by atoms with E-state index in [1.54, 1.807) is 12.4 Å². The lowest BCUT2D eigenvalue weighted by Gasteiger charge is -2.46. The molecule has 4 aromatic carbocycles. The second-order valence-corrected chi connectivity index (χ2v) is 23.6. The van der Waals surface area contributed by atoms with Gasteiger partial charge in [-0.15, -0.1) is 0 Å². The number of hydrogen-bond donors (Lipinski definition) is 0. The van der Waals surface area contributed by atoms with Gasteiger partial charge in [0.15, 0.2) is 5.75 Å². The standard InChI is InChI=1S/C56H64F2N5O/c1-51(2,3)32-22-23-59-63(30-32)44-29-45(50(58)60-49(44)57)64-35-20-21-38-43(28-35)62-31-61(16)42-19-17-18-39(48(42)62)56(38)46-36(24-33(52(4,5)6)26-40(46)54(10,11)12)37-25-34(53(7,8)9)27-41(47(37)56)55(13,14)15/h17-30H,31H2,1-16H3/q+1. The average molecular weight is 861 g/mol. The van der Waals surface area contributed by atoms with Gasteiger partial charge in [-0.2, -0.15) is 13.8 Å². The van der Waals surface area contributed by atoms with Gasteiger partial charge in [0, 0.05) is 18.7 Å². The summed E-state index contributed by atoms with van der Waals surface area (Å²) >= 11 is 0. The van der Waals surface area contributed by atoms with Crippen LogP contribution in [0, 0.1) is 11.9 Å². The minimum absolute atomic E-state index is 0.00742. The van der Waals surface area contributed by atoms with Crippen molar-refractivity contribution in [2.75, 3.05) is 23.5 Å². The van der Waals surface area contributed by atoms with Crippen LogP contribution in [0.15, 0.2) is 85.2 Å². The molecule has 0 N–H and O–H groups in total. The van der Waals surface area contributed by atoms with Crippen LogP contribution in [0.4, 0.5) is 25.8 Å². The number of halogens is 2. The van der Waals surface area contributed by atoms with Crippen LogP contribution in [-0.4, -0.2) is 23.8 Å². The van der Waals surface area contributed by atoms with Crippen molar-refractivity contribution in [1.29, 1.82) is 0 Å². The van der Waals surface area contributed by atoms with Crippen LogP contribution >= 0.6 is 0 Å². The lowest BCUT2D eigenvalue weighted by Crippen LogP contribution is -2.40. The van der Waals surface area contributed by atoms with Crippen LogP contribution in [0.2, 0.25) is 0 Å². The van der Waals surface area contributed by atoms with E-state index in [9.17, 15) is 0 Å². The van der Waals surface area contributed by atoms with E-state index in [-0.39, 0.29) is 38.5 Å². The second kappa shape index (κ2) is 13.9. The summed E-state index contributed by atoms with van der Waals surface area (Å²) in [5.41, 5.74) is 15.4. The Labute approximate surface area is 379 Å². The van der Waals surface area contributed by atoms with E-state index < -0.39 is 17.3 Å². The number of aromatic nitrogens is 3. The molecule has 0 bridgehead atoms. The third kappa shape index (κ3) is 6.64. The molecular formula is C56H64F2N5O+. The van der Waals surface area contributed by atoms with Gasteiger partial charge in [0.2, 0.25) is 6.20 Å². The van der Waals surface area contributed by atoms with Crippen LogP contribution in [0.3, 0.4) is 0 Å². The first-order valence-electron chi connectivity index (χ1n) is 22.7. The molecule has 2 aliphatic heterocycles. The zero-order chi connectivity index (χ0) is 46.4. The Balaban J connectivity index is 1.37. The molecule has 6 nitrogen and oxygen atoms in total. The van der Waals surface area contributed by atoms with Gasteiger partial charge in [-0.3, -0.25) is 0 Å². The van der Waals surface area contributed by atoms with Gasteiger partial charge in [0.25, 0.3) is 17.6 Å². The fourth-order valence-corrected chi connectivity index (χ4v) is 10.2. The largest absolute Gasteiger partial charge is 0.452 e. The summed E-state index contributed by atoms with van der Waals surface area (Å²) in [5, 5.41) is 4.39. The van der Waals surface area contributed by atoms with Crippen LogP contribution in [0.5, 0.6) is 11.5 Å². The summed E-state index contributed by atoms with van der Waals surface area (Å²) in [5.74, 6) is -1.79. The molecule has 0 saturated carbocycles. The summed E-state index contributed by atoms with van der Waals surface area (Å²) in [6.07, 6.45) is 3.37. The van der Waals surface area contributed by atoms with Crippen molar-refractivity contribution < 1.29 is 18.2 Å². The maximum absolute atomic E-state index is 15.8. The topological polar surface area (TPSA) is 45.4 Å². The van der Waals surface area contributed by atoms with E-state index in [1.807, 2.05) is 18.2 Å². The van der Waals surface area contributed by atoms with Crippen molar-refractivity contribution in [1.82, 2.24) is 10.1 Å². The highest BCUT2D eigenvalue weighted by atomic mass is 19.1. The quantitative estimate of drug-likeness (QED) is 0.131. The fourth-order valence-electron chi connectivity index (χ4n) is 10.2. The predicted molar refractivity (Wildman–Crippen MR) is 256 cm³/mol. The Morgan fingerprint density at radius 3 is 1.73 bits per heavy atom. The average Bonchev–Trinajstić information content (AvgIpc) is 3.68. The molecule has 4 heterocycles. The predicted octanol–water partition coefficient (Wildman–Crippen LogP) is 13.5. The van der Waals surface area contributed by atoms with E-state index in [0.29, 0.717) is 12.4 Å². The minimum atomic E-state index is -1.04. The Bertz CT molecular complexity index is 2830. The molecule has 0 atom stereocenters. The zero-order valence-electron chi connectivity index (χ0n) is 40.7. The first-order valence-corrected chi connectivity index (χ1v) is 22.7. The smallest absolute Gasteiger partial charge is 0.296 e. The molecular weight excluding hydrogens is 797 g/mol. The Hall–Kier alpha value is -5.63. The zero-order valence-corrected chi connectivity index (χ0v) is 40.7. The van der Waals surface area contributed by atoms with Crippen LogP contribution in [0.1, 0.15) is 154 Å². The minimum Gasteiger partial charge on any atom is -0.452 e. The Morgan fingerprint density at radius 1 is 0.609 bits per heavy atom. The first kappa shape index (κ1) is 43.6. The highest BCUT2D eigenvalue weighted by molar-refractivity contribution is 6.00. The number of benzene rings is 4. The fraction of sp³-hybridized carbons (Fsp3) is 0.411. The molecule has 2 aromatic heterocycles. The van der Waals surface area contributed by atoms with Gasteiger partial charge in [-0.1, -0.05) is 146 Å². The number of pyridine rings is 1. The Morgan fingerprint density at radius 2 is 1.19 bits per heavy atom. The van der Waals surface area contributed by atoms with E-state index in [2.05, 4.69) is 179 Å². The third-order valence-electron chi connectivity index (χ3n) is 13.7. The number of rotatable bonds is 3. The van der Waals surface area contributed by atoms with E-state index in [4.69, 9.17) is 4.74 Å². The van der Waals surface area contributed by atoms with Crippen LogP contribution in [0.25, 0.3) is 16.8 Å². The van der Waals surface area contributed by atoms with Crippen LogP contribution < -0.4 is 19.2 Å². The number of anilines is 3. The summed E-state index contributed by atoms with van der Waals surface area (Å²) in [6, 6.07) is 26.2. The van der Waals surface area contributed by atoms with Crippen molar-refractivity contribution in [3.63, 3.8) is 0 Å². The lowest BCUT2D eigenvalue weighted by atomic mass is 9.59. The van der Waals surface area contributed by atoms with Gasteiger partial charge in [0.1, 0.15) is 5.75 Å². The highest BCUT2D eigenvalue weighted by Crippen LogP contribution is 2.68. The normalized spacial score (nSPS) is 15.3. The molecule has 0 saturated heterocycles. The second-order valence-electron chi connectivity index (χ2n) is 23.6. The van der Waals surface area contributed by atoms with Crippen molar-refractivity contribution in [2.24, 2.45) is 0 Å². The molecule has 6 aromatic rings. The van der Waals surface area contributed by atoms with Crippen molar-refractivity contribution in [3.05, 3.63) is 147 Å². The number of fused-ring (bicyclic) bond motifs is 9. The maximum atomic E-state index is 15.8. The van der Waals surface area contributed by atoms with E-state index >= 15 is 8.78 Å². The first-order chi connectivity index (χ1) is 29.6. The van der Waals surface area contributed by atoms with Gasteiger partial charge in [0.05, 0.1) is 41.4 Å². The van der Waals surface area contributed by atoms with Crippen molar-refractivity contribution in [3.8, 4) is 28.3 Å². The SMILES string of the molecule is CN1CN2c3cc(Oc4cc(-[n+]5cc(C(C)(C)C)ccn5)c(F)nc4F)ccc3C3(c4cccc1c42)c1c(cc(C(C)(C)C)cc1C(C)(C)C)-c1cc(C(C)(C)C)cc(C(C)(C)C)c13. The summed E-state index contributed by atoms with van der Waals surface area (Å²) in [7, 11) is 2.14. The molecule has 1 aliphatic carbocycles. The number of hydrogen-bond acceptors (Lipinski definition) is 5. The highest BCUT2D eigenvalue weighted by Gasteiger charge is 2.57. The molecule has 9 rings (SSSR count). The molecule has 0 fully saturated rings. The van der Waals surface area contributed by atoms with Crippen molar-refractivity contribution in [2.45, 2.75) is 136 Å². The monoisotopic (exact) mass is 861 g/mol. The molecule has 332 valence electrons. The van der Waals surface area contributed by atoms with E-state index in [0.717, 1.165) is 28.2 Å². The maximum Gasteiger partial charge on any atom is 0.296 e. The van der Waals surface area contributed by atoms with Gasteiger partial charge < -0.3 is 14.5 Å². The van der Waals surface area contributed by atoms with Gasteiger partial charge in [-0.05, 0) is 111 Å². The van der Waals surface area contributed by atoms with Crippen molar-refractivity contribution >= 4 is 17.1 Å². The summed E-state index contributed by atoms with van der Waals surface area (Å²) in [4.78, 5) is 8.38. The molecule has 0 amide bonds.